The Labute approximate surface area is 182 Å². The van der Waals surface area contributed by atoms with Crippen molar-refractivity contribution in [2.45, 2.75) is 84.5 Å². The summed E-state index contributed by atoms with van der Waals surface area (Å²) < 4.78 is 0. The molecule has 0 aliphatic carbocycles. The summed E-state index contributed by atoms with van der Waals surface area (Å²) >= 11 is 1.96. The second-order valence-electron chi connectivity index (χ2n) is 8.23. The molecular weight excluding hydrogens is 372 g/mol. The molecule has 0 fully saturated rings. The number of hydrogen-bond acceptors (Lipinski definition) is 3. The minimum atomic E-state index is 1.08. The Morgan fingerprint density at radius 3 is 2.17 bits per heavy atom. The molecule has 1 aliphatic rings. The number of anilines is 1. The van der Waals surface area contributed by atoms with Crippen molar-refractivity contribution in [2.75, 3.05) is 17.2 Å². The van der Waals surface area contributed by atoms with Gasteiger partial charge in [-0.05, 0) is 30.4 Å². The lowest BCUT2D eigenvalue weighted by molar-refractivity contribution is 0.604. The van der Waals surface area contributed by atoms with Crippen molar-refractivity contribution >= 4 is 39.1 Å². The van der Waals surface area contributed by atoms with Gasteiger partial charge in [-0.15, -0.1) is 0 Å². The summed E-state index contributed by atoms with van der Waals surface area (Å²) in [6.45, 7) is 5.65. The summed E-state index contributed by atoms with van der Waals surface area (Å²) in [5.74, 6) is 1.18. The van der Waals surface area contributed by atoms with Gasteiger partial charge in [0.05, 0.1) is 11.4 Å². The van der Waals surface area contributed by atoms with E-state index >= 15 is 0 Å². The SMILES string of the molecule is CCCCCCCCCSC1=Nc2cccc3cccc(c23)N1CCCCCC. The van der Waals surface area contributed by atoms with Gasteiger partial charge in [-0.2, -0.15) is 0 Å². The van der Waals surface area contributed by atoms with E-state index in [1.54, 1.807) is 0 Å². The Morgan fingerprint density at radius 1 is 0.759 bits per heavy atom. The van der Waals surface area contributed by atoms with Crippen molar-refractivity contribution in [2.24, 2.45) is 4.99 Å². The van der Waals surface area contributed by atoms with Crippen molar-refractivity contribution in [1.82, 2.24) is 0 Å². The molecule has 1 aliphatic heterocycles. The number of hydrogen-bond donors (Lipinski definition) is 0. The molecule has 0 bridgehead atoms. The second-order valence-corrected chi connectivity index (χ2v) is 9.29. The maximum absolute atomic E-state index is 5.11. The Morgan fingerprint density at radius 2 is 1.41 bits per heavy atom. The van der Waals surface area contributed by atoms with Crippen LogP contribution in [-0.4, -0.2) is 17.5 Å². The molecule has 158 valence electrons. The summed E-state index contributed by atoms with van der Waals surface area (Å²) in [6, 6.07) is 13.2. The van der Waals surface area contributed by atoms with Crippen LogP contribution in [0, 0.1) is 0 Å². The maximum Gasteiger partial charge on any atom is 0.168 e. The second kappa shape index (κ2) is 12.3. The van der Waals surface area contributed by atoms with Crippen LogP contribution < -0.4 is 4.90 Å². The fourth-order valence-electron chi connectivity index (χ4n) is 4.13. The number of nitrogens with zero attached hydrogens (tertiary/aromatic N) is 2. The van der Waals surface area contributed by atoms with E-state index in [1.807, 2.05) is 11.8 Å². The van der Waals surface area contributed by atoms with Crippen molar-refractivity contribution in [1.29, 1.82) is 0 Å². The zero-order valence-corrected chi connectivity index (χ0v) is 19.3. The molecule has 0 N–H and O–H groups in total. The molecule has 3 heteroatoms. The molecule has 0 saturated heterocycles. The first-order valence-corrected chi connectivity index (χ1v) is 12.8. The van der Waals surface area contributed by atoms with E-state index in [9.17, 15) is 0 Å². The molecule has 1 heterocycles. The van der Waals surface area contributed by atoms with E-state index in [-0.39, 0.29) is 0 Å². The van der Waals surface area contributed by atoms with Crippen LogP contribution in [0.3, 0.4) is 0 Å². The lowest BCUT2D eigenvalue weighted by Crippen LogP contribution is -2.31. The summed E-state index contributed by atoms with van der Waals surface area (Å²) in [6.07, 6.45) is 14.7. The summed E-state index contributed by atoms with van der Waals surface area (Å²) in [7, 11) is 0. The van der Waals surface area contributed by atoms with Gasteiger partial charge < -0.3 is 4.90 Å². The molecular formula is C26H38N2S. The highest BCUT2D eigenvalue weighted by Gasteiger charge is 2.22. The van der Waals surface area contributed by atoms with E-state index in [1.165, 1.54) is 98.0 Å². The number of rotatable bonds is 13. The molecule has 2 aromatic carbocycles. The number of amidine groups is 1. The zero-order valence-electron chi connectivity index (χ0n) is 18.5. The van der Waals surface area contributed by atoms with Gasteiger partial charge in [0.1, 0.15) is 0 Å². The molecule has 0 saturated carbocycles. The van der Waals surface area contributed by atoms with Gasteiger partial charge in [-0.25, -0.2) is 4.99 Å². The van der Waals surface area contributed by atoms with E-state index < -0.39 is 0 Å². The van der Waals surface area contributed by atoms with E-state index in [4.69, 9.17) is 4.99 Å². The summed E-state index contributed by atoms with van der Waals surface area (Å²) in [4.78, 5) is 7.60. The van der Waals surface area contributed by atoms with Crippen LogP contribution in [0.15, 0.2) is 41.4 Å². The lowest BCUT2D eigenvalue weighted by Gasteiger charge is -2.31. The van der Waals surface area contributed by atoms with Crippen LogP contribution in [0.5, 0.6) is 0 Å². The lowest BCUT2D eigenvalue weighted by atomic mass is 10.0. The minimum Gasteiger partial charge on any atom is -0.320 e. The predicted octanol–water partition coefficient (Wildman–Crippen LogP) is 8.71. The van der Waals surface area contributed by atoms with Crippen LogP contribution in [0.4, 0.5) is 11.4 Å². The molecule has 0 spiro atoms. The molecule has 0 amide bonds. The molecule has 0 aromatic heterocycles. The fraction of sp³-hybridized carbons (Fsp3) is 0.577. The van der Waals surface area contributed by atoms with Gasteiger partial charge in [0.15, 0.2) is 5.17 Å². The topological polar surface area (TPSA) is 15.6 Å². The van der Waals surface area contributed by atoms with Crippen LogP contribution >= 0.6 is 11.8 Å². The quantitative estimate of drug-likeness (QED) is 0.307. The number of thioether (sulfide) groups is 1. The first-order chi connectivity index (χ1) is 14.3. The van der Waals surface area contributed by atoms with Crippen molar-refractivity contribution in [3.05, 3.63) is 36.4 Å². The van der Waals surface area contributed by atoms with E-state index in [0.29, 0.717) is 0 Å². The molecule has 3 rings (SSSR count). The third-order valence-electron chi connectivity index (χ3n) is 5.81. The average Bonchev–Trinajstić information content (AvgIpc) is 2.75. The molecule has 0 radical (unpaired) electrons. The van der Waals surface area contributed by atoms with Gasteiger partial charge in [-0.3, -0.25) is 0 Å². The average molecular weight is 411 g/mol. The van der Waals surface area contributed by atoms with Crippen molar-refractivity contribution in [3.8, 4) is 0 Å². The van der Waals surface area contributed by atoms with Gasteiger partial charge in [0.25, 0.3) is 0 Å². The highest BCUT2D eigenvalue weighted by molar-refractivity contribution is 8.14. The summed E-state index contributed by atoms with van der Waals surface area (Å²) in [5.41, 5.74) is 2.50. The monoisotopic (exact) mass is 410 g/mol. The Balaban J connectivity index is 1.63. The molecule has 29 heavy (non-hydrogen) atoms. The summed E-state index contributed by atoms with van der Waals surface area (Å²) in [5, 5.41) is 3.84. The molecule has 2 nitrogen and oxygen atoms in total. The van der Waals surface area contributed by atoms with Crippen LogP contribution in [0.2, 0.25) is 0 Å². The maximum atomic E-state index is 5.11. The Hall–Kier alpha value is -1.48. The standard InChI is InChI=1S/C26H38N2S/c1-3-5-7-9-10-11-13-21-29-26-27-23-18-14-16-22-17-15-19-24(25(22)23)28(26)20-12-8-6-4-2/h14-19H,3-13,20-21H2,1-2H3. The Bertz CT molecular complexity index is 778. The first-order valence-electron chi connectivity index (χ1n) is 11.9. The van der Waals surface area contributed by atoms with Gasteiger partial charge in [-0.1, -0.05) is 108 Å². The first kappa shape index (κ1) is 22.2. The van der Waals surface area contributed by atoms with E-state index in [0.717, 1.165) is 12.2 Å². The number of benzene rings is 2. The highest BCUT2D eigenvalue weighted by Crippen LogP contribution is 2.40. The Kier molecular flexibility index (Phi) is 9.40. The van der Waals surface area contributed by atoms with Crippen LogP contribution in [0.25, 0.3) is 10.8 Å². The van der Waals surface area contributed by atoms with Gasteiger partial charge in [0.2, 0.25) is 0 Å². The molecule has 0 unspecified atom stereocenters. The van der Waals surface area contributed by atoms with Gasteiger partial charge in [0, 0.05) is 17.7 Å². The van der Waals surface area contributed by atoms with Crippen LogP contribution in [0.1, 0.15) is 84.5 Å². The van der Waals surface area contributed by atoms with Crippen LogP contribution in [-0.2, 0) is 0 Å². The van der Waals surface area contributed by atoms with Crippen molar-refractivity contribution in [3.63, 3.8) is 0 Å². The largest absolute Gasteiger partial charge is 0.320 e. The third kappa shape index (κ3) is 6.25. The van der Waals surface area contributed by atoms with Gasteiger partial charge >= 0.3 is 0 Å². The molecule has 2 aromatic rings. The highest BCUT2D eigenvalue weighted by atomic mass is 32.2. The number of unbranched alkanes of at least 4 members (excludes halogenated alkanes) is 9. The smallest absolute Gasteiger partial charge is 0.168 e. The zero-order chi connectivity index (χ0) is 20.3. The minimum absolute atomic E-state index is 1.08. The predicted molar refractivity (Wildman–Crippen MR) is 133 cm³/mol. The van der Waals surface area contributed by atoms with E-state index in [2.05, 4.69) is 55.1 Å². The molecule has 0 atom stereocenters. The van der Waals surface area contributed by atoms with Crippen molar-refractivity contribution < 1.29 is 0 Å². The third-order valence-corrected chi connectivity index (χ3v) is 6.88. The number of aliphatic imine (C=N–C) groups is 1. The fourth-order valence-corrected chi connectivity index (χ4v) is 5.17. The normalized spacial score (nSPS) is 13.2.